The predicted octanol–water partition coefficient (Wildman–Crippen LogP) is 1.42. The van der Waals surface area contributed by atoms with Gasteiger partial charge in [0.25, 0.3) is 0 Å². The van der Waals surface area contributed by atoms with E-state index in [1.54, 1.807) is 18.5 Å². The Labute approximate surface area is 118 Å². The molecular formula is C14H21N3O3. The van der Waals surface area contributed by atoms with E-state index in [0.29, 0.717) is 18.8 Å². The lowest BCUT2D eigenvalue weighted by Gasteiger charge is -2.37. The topological polar surface area (TPSA) is 84.2 Å². The third kappa shape index (κ3) is 3.18. The SMILES string of the molecule is CCC1CCC(NC(=O)Cn2cccn2)(C(=O)O)CC1. The summed E-state index contributed by atoms with van der Waals surface area (Å²) in [6.07, 6.45) is 7.05. The van der Waals surface area contributed by atoms with Gasteiger partial charge in [-0.15, -0.1) is 0 Å². The van der Waals surface area contributed by atoms with E-state index in [2.05, 4.69) is 17.3 Å². The smallest absolute Gasteiger partial charge is 0.329 e. The molecule has 1 aromatic heterocycles. The Morgan fingerprint density at radius 1 is 1.45 bits per heavy atom. The third-order valence-corrected chi connectivity index (χ3v) is 4.19. The molecule has 0 atom stereocenters. The molecule has 2 rings (SSSR count). The van der Waals surface area contributed by atoms with Crippen molar-refractivity contribution < 1.29 is 14.7 Å². The van der Waals surface area contributed by atoms with Crippen LogP contribution in [0.1, 0.15) is 39.0 Å². The van der Waals surface area contributed by atoms with Gasteiger partial charge >= 0.3 is 5.97 Å². The van der Waals surface area contributed by atoms with E-state index in [-0.39, 0.29) is 12.5 Å². The minimum Gasteiger partial charge on any atom is -0.480 e. The Balaban J connectivity index is 1.99. The van der Waals surface area contributed by atoms with Crippen LogP contribution in [-0.2, 0) is 16.1 Å². The van der Waals surface area contributed by atoms with Crippen LogP contribution in [0, 0.1) is 5.92 Å². The molecule has 6 nitrogen and oxygen atoms in total. The monoisotopic (exact) mass is 279 g/mol. The van der Waals surface area contributed by atoms with Crippen molar-refractivity contribution in [1.82, 2.24) is 15.1 Å². The molecule has 1 heterocycles. The van der Waals surface area contributed by atoms with Gasteiger partial charge < -0.3 is 10.4 Å². The van der Waals surface area contributed by atoms with E-state index in [0.717, 1.165) is 19.3 Å². The van der Waals surface area contributed by atoms with Crippen LogP contribution in [0.25, 0.3) is 0 Å². The number of amides is 1. The van der Waals surface area contributed by atoms with Crippen LogP contribution < -0.4 is 5.32 Å². The summed E-state index contributed by atoms with van der Waals surface area (Å²) in [5, 5.41) is 16.2. The number of aliphatic carboxylic acids is 1. The number of nitrogens with one attached hydrogen (secondary N) is 1. The fourth-order valence-corrected chi connectivity index (χ4v) is 2.82. The average Bonchev–Trinajstić information content (AvgIpc) is 2.92. The van der Waals surface area contributed by atoms with Crippen molar-refractivity contribution in [3.05, 3.63) is 18.5 Å². The highest BCUT2D eigenvalue weighted by atomic mass is 16.4. The zero-order valence-corrected chi connectivity index (χ0v) is 11.7. The maximum atomic E-state index is 12.0. The standard InChI is InChI=1S/C14H21N3O3/c1-2-11-4-6-14(7-5-11,13(19)20)16-12(18)10-17-9-3-8-15-17/h3,8-9,11H,2,4-7,10H2,1H3,(H,16,18)(H,19,20). The lowest BCUT2D eigenvalue weighted by Crippen LogP contribution is -2.57. The van der Waals surface area contributed by atoms with Crippen molar-refractivity contribution in [3.8, 4) is 0 Å². The second-order valence-electron chi connectivity index (χ2n) is 5.49. The molecule has 0 spiro atoms. The van der Waals surface area contributed by atoms with E-state index in [4.69, 9.17) is 0 Å². The summed E-state index contributed by atoms with van der Waals surface area (Å²) in [7, 11) is 0. The van der Waals surface area contributed by atoms with E-state index in [1.165, 1.54) is 4.68 Å². The average molecular weight is 279 g/mol. The zero-order chi connectivity index (χ0) is 14.6. The van der Waals surface area contributed by atoms with Crippen molar-refractivity contribution in [2.75, 3.05) is 0 Å². The molecule has 1 aliphatic carbocycles. The quantitative estimate of drug-likeness (QED) is 0.853. The van der Waals surface area contributed by atoms with E-state index >= 15 is 0 Å². The molecule has 0 aliphatic heterocycles. The van der Waals surface area contributed by atoms with Crippen LogP contribution in [0.15, 0.2) is 18.5 Å². The Hall–Kier alpha value is -1.85. The Morgan fingerprint density at radius 2 is 2.15 bits per heavy atom. The normalized spacial score (nSPS) is 26.1. The number of nitrogens with zero attached hydrogens (tertiary/aromatic N) is 2. The van der Waals surface area contributed by atoms with Crippen LogP contribution >= 0.6 is 0 Å². The summed E-state index contributed by atoms with van der Waals surface area (Å²) in [4.78, 5) is 23.6. The van der Waals surface area contributed by atoms with Crippen molar-refractivity contribution >= 4 is 11.9 Å². The van der Waals surface area contributed by atoms with Crippen LogP contribution in [0.2, 0.25) is 0 Å². The molecule has 1 amide bonds. The highest BCUT2D eigenvalue weighted by Gasteiger charge is 2.42. The fourth-order valence-electron chi connectivity index (χ4n) is 2.82. The molecule has 0 saturated heterocycles. The van der Waals surface area contributed by atoms with Crippen molar-refractivity contribution in [1.29, 1.82) is 0 Å². The third-order valence-electron chi connectivity index (χ3n) is 4.19. The molecule has 2 N–H and O–H groups in total. The predicted molar refractivity (Wildman–Crippen MR) is 73.0 cm³/mol. The minimum atomic E-state index is -1.10. The number of carboxylic acid groups (broad SMARTS) is 1. The van der Waals surface area contributed by atoms with Crippen LogP contribution in [0.3, 0.4) is 0 Å². The van der Waals surface area contributed by atoms with E-state index < -0.39 is 11.5 Å². The minimum absolute atomic E-state index is 0.0548. The van der Waals surface area contributed by atoms with Crippen LogP contribution in [0.4, 0.5) is 0 Å². The molecule has 0 radical (unpaired) electrons. The second-order valence-corrected chi connectivity index (χ2v) is 5.49. The van der Waals surface area contributed by atoms with Gasteiger partial charge in [-0.2, -0.15) is 5.10 Å². The molecule has 1 fully saturated rings. The summed E-state index contributed by atoms with van der Waals surface area (Å²) < 4.78 is 1.49. The number of rotatable bonds is 5. The Morgan fingerprint density at radius 3 is 2.65 bits per heavy atom. The number of aromatic nitrogens is 2. The number of carbonyl (C=O) groups is 2. The molecule has 1 saturated carbocycles. The summed E-state index contributed by atoms with van der Waals surface area (Å²) in [6.45, 7) is 2.17. The first-order valence-corrected chi connectivity index (χ1v) is 7.07. The Bertz CT molecular complexity index is 462. The molecule has 110 valence electrons. The number of carbonyl (C=O) groups excluding carboxylic acids is 1. The van der Waals surface area contributed by atoms with Crippen molar-refractivity contribution in [2.24, 2.45) is 5.92 Å². The molecule has 0 unspecified atom stereocenters. The molecule has 0 bridgehead atoms. The van der Waals surface area contributed by atoms with Gasteiger partial charge in [-0.05, 0) is 37.7 Å². The van der Waals surface area contributed by atoms with Crippen molar-refractivity contribution in [3.63, 3.8) is 0 Å². The highest BCUT2D eigenvalue weighted by Crippen LogP contribution is 2.34. The van der Waals surface area contributed by atoms with Crippen LogP contribution in [0.5, 0.6) is 0 Å². The first-order valence-electron chi connectivity index (χ1n) is 7.07. The molecule has 6 heteroatoms. The maximum absolute atomic E-state index is 12.0. The first-order chi connectivity index (χ1) is 9.55. The van der Waals surface area contributed by atoms with Gasteiger partial charge in [-0.3, -0.25) is 9.48 Å². The molecule has 1 aliphatic rings. The highest BCUT2D eigenvalue weighted by molar-refractivity contribution is 5.87. The van der Waals surface area contributed by atoms with Crippen molar-refractivity contribution in [2.45, 2.75) is 51.1 Å². The van der Waals surface area contributed by atoms with Gasteiger partial charge in [0.2, 0.25) is 5.91 Å². The number of carboxylic acids is 1. The molecular weight excluding hydrogens is 258 g/mol. The second kappa shape index (κ2) is 6.07. The zero-order valence-electron chi connectivity index (χ0n) is 11.7. The van der Waals surface area contributed by atoms with Gasteiger partial charge in [-0.1, -0.05) is 13.3 Å². The fraction of sp³-hybridized carbons (Fsp3) is 0.643. The summed E-state index contributed by atoms with van der Waals surface area (Å²) in [6, 6.07) is 1.73. The number of hydrogen-bond acceptors (Lipinski definition) is 3. The summed E-state index contributed by atoms with van der Waals surface area (Å²) >= 11 is 0. The Kier molecular flexibility index (Phi) is 4.42. The largest absolute Gasteiger partial charge is 0.480 e. The van der Waals surface area contributed by atoms with E-state index in [9.17, 15) is 14.7 Å². The maximum Gasteiger partial charge on any atom is 0.329 e. The van der Waals surface area contributed by atoms with E-state index in [1.807, 2.05) is 0 Å². The molecule has 0 aromatic carbocycles. The van der Waals surface area contributed by atoms with Gasteiger partial charge in [0.05, 0.1) is 0 Å². The first kappa shape index (κ1) is 14.6. The van der Waals surface area contributed by atoms with Gasteiger partial charge in [0.15, 0.2) is 0 Å². The lowest BCUT2D eigenvalue weighted by molar-refractivity contribution is -0.149. The summed E-state index contributed by atoms with van der Waals surface area (Å²) in [5.41, 5.74) is -1.10. The number of hydrogen-bond donors (Lipinski definition) is 2. The lowest BCUT2D eigenvalue weighted by atomic mass is 9.75. The van der Waals surface area contributed by atoms with Gasteiger partial charge in [0.1, 0.15) is 12.1 Å². The van der Waals surface area contributed by atoms with Crippen LogP contribution in [-0.4, -0.2) is 32.3 Å². The molecule has 1 aromatic rings. The summed E-state index contributed by atoms with van der Waals surface area (Å²) in [5.74, 6) is -0.655. The molecule has 20 heavy (non-hydrogen) atoms. The van der Waals surface area contributed by atoms with Gasteiger partial charge in [-0.25, -0.2) is 4.79 Å². The van der Waals surface area contributed by atoms with Gasteiger partial charge in [0, 0.05) is 12.4 Å².